The van der Waals surface area contributed by atoms with Gasteiger partial charge in [0.15, 0.2) is 0 Å². The second kappa shape index (κ2) is 8.95. The molecule has 0 unspecified atom stereocenters. The van der Waals surface area contributed by atoms with Gasteiger partial charge >= 0.3 is 6.85 Å². The first-order chi connectivity index (χ1) is 21.8. The molecule has 0 amide bonds. The molecule has 8 aromatic rings. The maximum Gasteiger partial charge on any atom is 0.329 e. The number of nitrogens with zero attached hydrogens (tertiary/aromatic N) is 1. The molecule has 0 bridgehead atoms. The van der Waals surface area contributed by atoms with Gasteiger partial charge in [-0.3, -0.25) is 0 Å². The minimum absolute atomic E-state index is 0.0937. The van der Waals surface area contributed by atoms with Crippen LogP contribution in [0.15, 0.2) is 158 Å². The highest BCUT2D eigenvalue weighted by atomic mass is 15.1. The van der Waals surface area contributed by atoms with Gasteiger partial charge in [0.25, 0.3) is 0 Å². The highest BCUT2D eigenvalue weighted by molar-refractivity contribution is 6.92. The van der Waals surface area contributed by atoms with E-state index >= 15 is 0 Å². The molecule has 44 heavy (non-hydrogen) atoms. The minimum atomic E-state index is 0.0937. The number of para-hydroxylation sites is 2. The van der Waals surface area contributed by atoms with Gasteiger partial charge in [0.05, 0.1) is 0 Å². The van der Waals surface area contributed by atoms with Gasteiger partial charge in [-0.2, -0.15) is 0 Å². The van der Waals surface area contributed by atoms with E-state index in [2.05, 4.69) is 163 Å². The van der Waals surface area contributed by atoms with Crippen molar-refractivity contribution < 1.29 is 0 Å². The zero-order chi connectivity index (χ0) is 28.8. The molecular weight excluding hydrogens is 529 g/mol. The SMILES string of the molecule is c1ccc2c(c1)B1c3cc(-c4ccc5c6ccccc6c6ccccc6c5c4)ccc3-c3ccccc3N1c1ccccc1-2. The number of benzene rings is 8. The monoisotopic (exact) mass is 555 g/mol. The quantitative estimate of drug-likeness (QED) is 0.144. The highest BCUT2D eigenvalue weighted by Gasteiger charge is 2.42. The van der Waals surface area contributed by atoms with Crippen LogP contribution in [0, 0.1) is 0 Å². The van der Waals surface area contributed by atoms with Gasteiger partial charge in [0, 0.05) is 22.5 Å². The van der Waals surface area contributed by atoms with E-state index in [-0.39, 0.29) is 6.85 Å². The first-order valence-corrected chi connectivity index (χ1v) is 15.4. The van der Waals surface area contributed by atoms with Gasteiger partial charge < -0.3 is 4.81 Å². The summed E-state index contributed by atoms with van der Waals surface area (Å²) in [6, 6.07) is 58.5. The second-order valence-corrected chi connectivity index (χ2v) is 12.0. The van der Waals surface area contributed by atoms with Crippen LogP contribution in [-0.2, 0) is 0 Å². The Morgan fingerprint density at radius 1 is 0.318 bits per heavy atom. The molecule has 0 radical (unpaired) electrons. The highest BCUT2D eigenvalue weighted by Crippen LogP contribution is 2.46. The van der Waals surface area contributed by atoms with Crippen LogP contribution in [0.1, 0.15) is 0 Å². The molecule has 202 valence electrons. The molecular formula is C42H26BN. The lowest BCUT2D eigenvalue weighted by atomic mass is 9.43. The average molecular weight is 555 g/mol. The molecule has 0 N–H and O–H groups in total. The maximum atomic E-state index is 2.57. The van der Waals surface area contributed by atoms with E-state index in [1.54, 1.807) is 0 Å². The summed E-state index contributed by atoms with van der Waals surface area (Å²) in [6.07, 6.45) is 0. The standard InChI is InChI=1S/C42H26BN/c1-2-13-31-29(11-1)30-12-3-4-14-32(30)38-25-27(21-23-33(31)38)28-22-24-35-37-17-7-10-20-42(37)44-41-19-9-6-16-36(41)34-15-5-8-18-39(34)43(44)40(35)26-28/h1-26H. The van der Waals surface area contributed by atoms with Crippen molar-refractivity contribution in [1.29, 1.82) is 0 Å². The van der Waals surface area contributed by atoms with E-state index in [1.165, 1.54) is 88.0 Å². The first-order valence-electron chi connectivity index (χ1n) is 15.4. The number of anilines is 2. The summed E-state index contributed by atoms with van der Waals surface area (Å²) in [5.41, 5.74) is 13.0. The van der Waals surface area contributed by atoms with Crippen molar-refractivity contribution in [1.82, 2.24) is 0 Å². The van der Waals surface area contributed by atoms with E-state index in [4.69, 9.17) is 0 Å². The minimum Gasteiger partial charge on any atom is -0.376 e. The molecule has 1 nitrogen and oxygen atoms in total. The van der Waals surface area contributed by atoms with E-state index in [0.717, 1.165) is 0 Å². The van der Waals surface area contributed by atoms with Crippen LogP contribution < -0.4 is 15.7 Å². The van der Waals surface area contributed by atoms with Crippen LogP contribution >= 0.6 is 0 Å². The molecule has 2 heterocycles. The molecule has 2 aliphatic rings. The maximum absolute atomic E-state index is 2.57. The van der Waals surface area contributed by atoms with Crippen LogP contribution in [0.25, 0.3) is 65.7 Å². The van der Waals surface area contributed by atoms with Crippen LogP contribution in [0.5, 0.6) is 0 Å². The molecule has 8 aromatic carbocycles. The predicted octanol–water partition coefficient (Wildman–Crippen LogP) is 9.72. The molecule has 10 rings (SSSR count). The van der Waals surface area contributed by atoms with Crippen LogP contribution in [0.2, 0.25) is 0 Å². The Morgan fingerprint density at radius 2 is 0.773 bits per heavy atom. The topological polar surface area (TPSA) is 3.24 Å². The summed E-state index contributed by atoms with van der Waals surface area (Å²) in [6.45, 7) is 0.0937. The third-order valence-electron chi connectivity index (χ3n) is 9.84. The fraction of sp³-hybridized carbons (Fsp3) is 0. The largest absolute Gasteiger partial charge is 0.376 e. The molecule has 0 aliphatic carbocycles. The molecule has 0 fully saturated rings. The molecule has 0 atom stereocenters. The number of hydrogen-bond acceptors (Lipinski definition) is 1. The van der Waals surface area contributed by atoms with Crippen molar-refractivity contribution in [2.75, 3.05) is 4.81 Å². The average Bonchev–Trinajstić information content (AvgIpc) is 3.11. The van der Waals surface area contributed by atoms with E-state index in [0.29, 0.717) is 0 Å². The summed E-state index contributed by atoms with van der Waals surface area (Å²) in [5.74, 6) is 0. The van der Waals surface area contributed by atoms with Gasteiger partial charge in [-0.25, -0.2) is 0 Å². The normalized spacial score (nSPS) is 12.9. The van der Waals surface area contributed by atoms with Gasteiger partial charge in [0.1, 0.15) is 0 Å². The van der Waals surface area contributed by atoms with Gasteiger partial charge in [-0.15, -0.1) is 0 Å². The lowest BCUT2D eigenvalue weighted by Gasteiger charge is -2.43. The lowest BCUT2D eigenvalue weighted by molar-refractivity contribution is 1.35. The van der Waals surface area contributed by atoms with Crippen LogP contribution in [0.4, 0.5) is 11.4 Å². The zero-order valence-corrected chi connectivity index (χ0v) is 24.0. The molecule has 0 spiro atoms. The van der Waals surface area contributed by atoms with Crippen molar-refractivity contribution in [2.24, 2.45) is 0 Å². The zero-order valence-electron chi connectivity index (χ0n) is 24.0. The Hall–Kier alpha value is -5.60. The van der Waals surface area contributed by atoms with Crippen molar-refractivity contribution in [3.63, 3.8) is 0 Å². The Morgan fingerprint density at radius 3 is 1.43 bits per heavy atom. The summed E-state index contributed by atoms with van der Waals surface area (Å²) in [4.78, 5) is 2.57. The van der Waals surface area contributed by atoms with Gasteiger partial charge in [-0.1, -0.05) is 140 Å². The van der Waals surface area contributed by atoms with E-state index in [1.807, 2.05) is 0 Å². The Labute approximate surface area is 256 Å². The first kappa shape index (κ1) is 23.9. The summed E-state index contributed by atoms with van der Waals surface area (Å²) in [7, 11) is 0. The smallest absolute Gasteiger partial charge is 0.329 e. The molecule has 0 saturated heterocycles. The van der Waals surface area contributed by atoms with Crippen LogP contribution in [-0.4, -0.2) is 6.85 Å². The Bertz CT molecular complexity index is 2440. The molecule has 2 aliphatic heterocycles. The van der Waals surface area contributed by atoms with E-state index < -0.39 is 0 Å². The molecule has 0 saturated carbocycles. The summed E-state index contributed by atoms with van der Waals surface area (Å²) >= 11 is 0. The summed E-state index contributed by atoms with van der Waals surface area (Å²) in [5, 5.41) is 7.84. The van der Waals surface area contributed by atoms with Gasteiger partial charge in [0.2, 0.25) is 0 Å². The lowest BCUT2D eigenvalue weighted by Crippen LogP contribution is -2.59. The molecule has 2 heteroatoms. The van der Waals surface area contributed by atoms with Crippen molar-refractivity contribution in [3.8, 4) is 33.4 Å². The predicted molar refractivity (Wildman–Crippen MR) is 189 cm³/mol. The van der Waals surface area contributed by atoms with Crippen molar-refractivity contribution >= 4 is 61.5 Å². The number of fused-ring (bicyclic) bond motifs is 17. The van der Waals surface area contributed by atoms with Gasteiger partial charge in [-0.05, 0) is 83.7 Å². The third-order valence-corrected chi connectivity index (χ3v) is 9.84. The Kier molecular flexibility index (Phi) is 4.87. The fourth-order valence-electron chi connectivity index (χ4n) is 7.96. The van der Waals surface area contributed by atoms with Crippen LogP contribution in [0.3, 0.4) is 0 Å². The number of hydrogen-bond donors (Lipinski definition) is 0. The van der Waals surface area contributed by atoms with Crippen molar-refractivity contribution in [2.45, 2.75) is 0 Å². The third kappa shape index (κ3) is 3.20. The summed E-state index contributed by atoms with van der Waals surface area (Å²) < 4.78 is 0. The fourth-order valence-corrected chi connectivity index (χ4v) is 7.96. The van der Waals surface area contributed by atoms with Crippen molar-refractivity contribution in [3.05, 3.63) is 158 Å². The number of rotatable bonds is 1. The van der Waals surface area contributed by atoms with E-state index in [9.17, 15) is 0 Å². The molecule has 0 aromatic heterocycles. The Balaban J connectivity index is 1.24. The second-order valence-electron chi connectivity index (χ2n) is 12.0.